The number of benzene rings is 1. The summed E-state index contributed by atoms with van der Waals surface area (Å²) in [6, 6.07) is 10.4. The third-order valence-corrected chi connectivity index (χ3v) is 8.06. The zero-order valence-corrected chi connectivity index (χ0v) is 17.4. The van der Waals surface area contributed by atoms with Gasteiger partial charge in [-0.3, -0.25) is 9.78 Å². The molecule has 9 heteroatoms. The van der Waals surface area contributed by atoms with Crippen LogP contribution >= 0.6 is 11.3 Å². The van der Waals surface area contributed by atoms with Crippen LogP contribution in [0.4, 0.5) is 0 Å². The summed E-state index contributed by atoms with van der Waals surface area (Å²) in [6.45, 7) is 1.22. The number of nitrogens with one attached hydrogen (secondary N) is 1. The number of sulfonamides is 1. The van der Waals surface area contributed by atoms with Crippen LogP contribution in [0.25, 0.3) is 10.1 Å². The lowest BCUT2D eigenvalue weighted by molar-refractivity contribution is 0.0955. The molecule has 0 atom stereocenters. The van der Waals surface area contributed by atoms with Crippen LogP contribution in [0.1, 0.15) is 28.1 Å². The molecule has 3 heterocycles. The van der Waals surface area contributed by atoms with Crippen LogP contribution in [0.3, 0.4) is 0 Å². The van der Waals surface area contributed by atoms with E-state index in [1.54, 1.807) is 36.7 Å². The summed E-state index contributed by atoms with van der Waals surface area (Å²) < 4.78 is 28.0. The van der Waals surface area contributed by atoms with Crippen molar-refractivity contribution in [3.63, 3.8) is 0 Å². The molecule has 0 bridgehead atoms. The Bertz CT molecular complexity index is 1090. The van der Waals surface area contributed by atoms with Crippen LogP contribution in [0.2, 0.25) is 0 Å². The molecule has 1 aromatic carbocycles. The van der Waals surface area contributed by atoms with Crippen LogP contribution in [-0.2, 0) is 16.6 Å². The van der Waals surface area contributed by atoms with Gasteiger partial charge < -0.3 is 11.1 Å². The maximum Gasteiger partial charge on any atom is 0.261 e. The van der Waals surface area contributed by atoms with Crippen molar-refractivity contribution in [2.75, 3.05) is 13.1 Å². The zero-order chi connectivity index (χ0) is 20.4. The predicted molar refractivity (Wildman–Crippen MR) is 113 cm³/mol. The first-order valence-electron chi connectivity index (χ1n) is 9.40. The highest BCUT2D eigenvalue weighted by Crippen LogP contribution is 2.24. The molecule has 1 amide bonds. The molecular weight excluding hydrogens is 408 g/mol. The first-order chi connectivity index (χ1) is 13.9. The van der Waals surface area contributed by atoms with Gasteiger partial charge >= 0.3 is 0 Å². The maximum absolute atomic E-state index is 12.8. The van der Waals surface area contributed by atoms with Crippen LogP contribution in [0, 0.1) is 0 Å². The number of thiophene rings is 1. The van der Waals surface area contributed by atoms with Crippen LogP contribution in [0.15, 0.2) is 53.7 Å². The standard InChI is InChI=1S/C20H22N4O3S2/c21-16-6-9-24(10-7-16)29(26,27)17-3-1-14(2-4-17)12-23-20(25)18-11-15-5-8-22-13-19(15)28-18/h1-5,8,11,13,16H,6-7,9-10,12,21H2,(H,23,25). The number of nitrogens with zero attached hydrogens (tertiary/aromatic N) is 2. The fourth-order valence-corrected chi connectivity index (χ4v) is 5.73. The summed E-state index contributed by atoms with van der Waals surface area (Å²) >= 11 is 1.39. The summed E-state index contributed by atoms with van der Waals surface area (Å²) in [4.78, 5) is 17.4. The Morgan fingerprint density at radius 2 is 1.93 bits per heavy atom. The summed E-state index contributed by atoms with van der Waals surface area (Å²) in [6.07, 6.45) is 4.80. The van der Waals surface area contributed by atoms with E-state index in [2.05, 4.69) is 10.3 Å². The van der Waals surface area contributed by atoms with Gasteiger partial charge in [0.15, 0.2) is 0 Å². The van der Waals surface area contributed by atoms with E-state index in [4.69, 9.17) is 5.73 Å². The van der Waals surface area contributed by atoms with Gasteiger partial charge in [-0.05, 0) is 48.1 Å². The molecule has 152 valence electrons. The van der Waals surface area contributed by atoms with Crippen molar-refractivity contribution in [2.24, 2.45) is 5.73 Å². The van der Waals surface area contributed by atoms with Crippen molar-refractivity contribution in [1.29, 1.82) is 0 Å². The summed E-state index contributed by atoms with van der Waals surface area (Å²) in [7, 11) is -3.51. The average molecular weight is 431 g/mol. The molecule has 1 aliphatic rings. The van der Waals surface area contributed by atoms with Crippen molar-refractivity contribution < 1.29 is 13.2 Å². The van der Waals surface area contributed by atoms with E-state index in [1.807, 2.05) is 12.1 Å². The molecular formula is C20H22N4O3S2. The smallest absolute Gasteiger partial charge is 0.261 e. The minimum absolute atomic E-state index is 0.0737. The third-order valence-electron chi connectivity index (χ3n) is 5.06. The molecule has 0 unspecified atom stereocenters. The van der Waals surface area contributed by atoms with E-state index >= 15 is 0 Å². The van der Waals surface area contributed by atoms with Gasteiger partial charge in [0.2, 0.25) is 10.0 Å². The lowest BCUT2D eigenvalue weighted by Crippen LogP contribution is -2.42. The van der Waals surface area contributed by atoms with Gasteiger partial charge in [0.25, 0.3) is 5.91 Å². The van der Waals surface area contributed by atoms with Gasteiger partial charge in [-0.15, -0.1) is 11.3 Å². The van der Waals surface area contributed by atoms with Gasteiger partial charge in [-0.25, -0.2) is 8.42 Å². The molecule has 0 radical (unpaired) electrons. The number of piperidine rings is 1. The van der Waals surface area contributed by atoms with Crippen molar-refractivity contribution in [3.05, 3.63) is 59.2 Å². The van der Waals surface area contributed by atoms with Gasteiger partial charge in [0, 0.05) is 38.1 Å². The maximum atomic E-state index is 12.8. The first-order valence-corrected chi connectivity index (χ1v) is 11.7. The van der Waals surface area contributed by atoms with Gasteiger partial charge in [-0.1, -0.05) is 12.1 Å². The summed E-state index contributed by atoms with van der Waals surface area (Å²) in [5.74, 6) is -0.160. The number of carbonyl (C=O) groups is 1. The minimum Gasteiger partial charge on any atom is -0.347 e. The molecule has 2 aromatic heterocycles. The van der Waals surface area contributed by atoms with E-state index in [-0.39, 0.29) is 16.8 Å². The molecule has 1 saturated heterocycles. The van der Waals surface area contributed by atoms with Gasteiger partial charge in [0.1, 0.15) is 0 Å². The highest BCUT2D eigenvalue weighted by atomic mass is 32.2. The minimum atomic E-state index is -3.51. The van der Waals surface area contributed by atoms with E-state index in [1.165, 1.54) is 15.6 Å². The lowest BCUT2D eigenvalue weighted by atomic mass is 10.1. The Morgan fingerprint density at radius 1 is 1.21 bits per heavy atom. The SMILES string of the molecule is NC1CCN(S(=O)(=O)c2ccc(CNC(=O)c3cc4ccncc4s3)cc2)CC1. The topological polar surface area (TPSA) is 105 Å². The molecule has 0 saturated carbocycles. The highest BCUT2D eigenvalue weighted by molar-refractivity contribution is 7.89. The second kappa shape index (κ2) is 8.19. The number of hydrogen-bond donors (Lipinski definition) is 2. The molecule has 3 N–H and O–H groups in total. The van der Waals surface area contributed by atoms with E-state index in [0.29, 0.717) is 37.4 Å². The molecule has 3 aromatic rings. The zero-order valence-electron chi connectivity index (χ0n) is 15.7. The number of aromatic nitrogens is 1. The molecule has 1 aliphatic heterocycles. The van der Waals surface area contributed by atoms with Crippen LogP contribution in [0.5, 0.6) is 0 Å². The Labute approximate surface area is 173 Å². The van der Waals surface area contributed by atoms with Crippen molar-refractivity contribution in [2.45, 2.75) is 30.3 Å². The van der Waals surface area contributed by atoms with Gasteiger partial charge in [0.05, 0.1) is 14.5 Å². The Hall–Kier alpha value is -2.33. The van der Waals surface area contributed by atoms with Crippen LogP contribution < -0.4 is 11.1 Å². The van der Waals surface area contributed by atoms with E-state index in [9.17, 15) is 13.2 Å². The molecule has 1 fully saturated rings. The first kappa shape index (κ1) is 20.0. The number of hydrogen-bond acceptors (Lipinski definition) is 6. The molecule has 29 heavy (non-hydrogen) atoms. The normalized spacial score (nSPS) is 16.2. The Morgan fingerprint density at radius 3 is 2.62 bits per heavy atom. The molecule has 4 rings (SSSR count). The van der Waals surface area contributed by atoms with Crippen molar-refractivity contribution in [1.82, 2.24) is 14.6 Å². The second-order valence-corrected chi connectivity index (χ2v) is 10.1. The monoisotopic (exact) mass is 430 g/mol. The molecule has 0 aliphatic carbocycles. The van der Waals surface area contributed by atoms with Crippen molar-refractivity contribution >= 4 is 37.4 Å². The number of amides is 1. The van der Waals surface area contributed by atoms with E-state index in [0.717, 1.165) is 15.6 Å². The Kier molecular flexibility index (Phi) is 5.64. The number of pyridine rings is 1. The summed E-state index contributed by atoms with van der Waals surface area (Å²) in [5.41, 5.74) is 6.70. The Balaban J connectivity index is 1.39. The largest absolute Gasteiger partial charge is 0.347 e. The number of rotatable bonds is 5. The quantitative estimate of drug-likeness (QED) is 0.646. The van der Waals surface area contributed by atoms with Crippen molar-refractivity contribution in [3.8, 4) is 0 Å². The number of carbonyl (C=O) groups excluding carboxylic acids is 1. The second-order valence-electron chi connectivity index (χ2n) is 7.09. The fraction of sp³-hybridized carbons (Fsp3) is 0.300. The third kappa shape index (κ3) is 4.32. The van der Waals surface area contributed by atoms with Gasteiger partial charge in [-0.2, -0.15) is 4.31 Å². The van der Waals surface area contributed by atoms with Crippen LogP contribution in [-0.4, -0.2) is 42.7 Å². The number of fused-ring (bicyclic) bond motifs is 1. The number of nitrogens with two attached hydrogens (primary N) is 1. The fourth-order valence-electron chi connectivity index (χ4n) is 3.31. The summed E-state index contributed by atoms with van der Waals surface area (Å²) in [5, 5.41) is 3.87. The lowest BCUT2D eigenvalue weighted by Gasteiger charge is -2.29. The van der Waals surface area contributed by atoms with E-state index < -0.39 is 10.0 Å². The molecule has 7 nitrogen and oxygen atoms in total. The molecule has 0 spiro atoms. The highest BCUT2D eigenvalue weighted by Gasteiger charge is 2.28. The predicted octanol–water partition coefficient (Wildman–Crippen LogP) is 2.34. The average Bonchev–Trinajstić information content (AvgIpc) is 3.17.